The molecule has 1 spiro atoms. The van der Waals surface area contributed by atoms with Crippen molar-refractivity contribution in [3.63, 3.8) is 0 Å². The van der Waals surface area contributed by atoms with Crippen molar-refractivity contribution in [2.24, 2.45) is 0 Å². The number of amides is 2. The molecule has 5 nitrogen and oxygen atoms in total. The van der Waals surface area contributed by atoms with E-state index in [4.69, 9.17) is 0 Å². The Morgan fingerprint density at radius 2 is 2.19 bits per heavy atom. The van der Waals surface area contributed by atoms with E-state index in [0.29, 0.717) is 12.1 Å². The minimum absolute atomic E-state index is 0.00337. The summed E-state index contributed by atoms with van der Waals surface area (Å²) in [5.74, 6) is 0.353. The first-order valence-electron chi connectivity index (χ1n) is 7.89. The van der Waals surface area contributed by atoms with Crippen molar-refractivity contribution in [3.8, 4) is 0 Å². The lowest BCUT2D eigenvalue weighted by Crippen LogP contribution is -2.46. The van der Waals surface area contributed by atoms with Gasteiger partial charge in [-0.2, -0.15) is 0 Å². The third-order valence-electron chi connectivity index (χ3n) is 5.03. The summed E-state index contributed by atoms with van der Waals surface area (Å²) in [6.07, 6.45) is 6.28. The maximum Gasteiger partial charge on any atom is 0.270 e. The van der Waals surface area contributed by atoms with Gasteiger partial charge >= 0.3 is 0 Å². The van der Waals surface area contributed by atoms with E-state index in [1.807, 2.05) is 17.0 Å². The Morgan fingerprint density at radius 3 is 2.90 bits per heavy atom. The molecule has 0 bridgehead atoms. The fourth-order valence-corrected chi connectivity index (χ4v) is 3.92. The zero-order valence-corrected chi connectivity index (χ0v) is 12.6. The number of carbonyl (C=O) groups excluding carboxylic acids is 2. The molecule has 1 aromatic rings. The molecule has 3 rings (SSSR count). The molecule has 1 unspecified atom stereocenters. The number of rotatable bonds is 2. The van der Waals surface area contributed by atoms with E-state index in [0.717, 1.165) is 45.3 Å². The Kier molecular flexibility index (Phi) is 3.74. The van der Waals surface area contributed by atoms with Crippen LogP contribution in [0.5, 0.6) is 0 Å². The van der Waals surface area contributed by atoms with Gasteiger partial charge < -0.3 is 14.8 Å². The highest BCUT2D eigenvalue weighted by Crippen LogP contribution is 2.38. The molecule has 2 aliphatic heterocycles. The zero-order chi connectivity index (χ0) is 14.9. The van der Waals surface area contributed by atoms with Crippen LogP contribution in [-0.4, -0.2) is 51.8 Å². The monoisotopic (exact) mass is 289 g/mol. The van der Waals surface area contributed by atoms with Crippen molar-refractivity contribution in [1.82, 2.24) is 14.8 Å². The van der Waals surface area contributed by atoms with E-state index in [9.17, 15) is 9.59 Å². The van der Waals surface area contributed by atoms with E-state index < -0.39 is 0 Å². The largest absolute Gasteiger partial charge is 0.357 e. The van der Waals surface area contributed by atoms with E-state index in [2.05, 4.69) is 16.8 Å². The molecular weight excluding hydrogens is 266 g/mol. The maximum absolute atomic E-state index is 12.4. The standard InChI is InChI=1S/C16H23N3O2/c1-2-19-14(20)6-8-16(19)7-4-11-18(12-9-16)15(21)13-5-3-10-17-13/h3,5,10,17H,2,4,6-9,11-12H2,1H3. The van der Waals surface area contributed by atoms with Gasteiger partial charge in [0.25, 0.3) is 5.91 Å². The molecule has 21 heavy (non-hydrogen) atoms. The first-order valence-corrected chi connectivity index (χ1v) is 7.89. The molecule has 1 N–H and O–H groups in total. The minimum atomic E-state index is -0.00337. The fraction of sp³-hybridized carbons (Fsp3) is 0.625. The van der Waals surface area contributed by atoms with Crippen LogP contribution < -0.4 is 0 Å². The van der Waals surface area contributed by atoms with Crippen LogP contribution in [-0.2, 0) is 4.79 Å². The van der Waals surface area contributed by atoms with Crippen LogP contribution in [0, 0.1) is 0 Å². The van der Waals surface area contributed by atoms with Gasteiger partial charge in [-0.25, -0.2) is 0 Å². The predicted octanol–water partition coefficient (Wildman–Crippen LogP) is 2.02. The van der Waals surface area contributed by atoms with Crippen molar-refractivity contribution in [2.45, 2.75) is 44.6 Å². The topological polar surface area (TPSA) is 56.4 Å². The van der Waals surface area contributed by atoms with Gasteiger partial charge in [0.15, 0.2) is 0 Å². The summed E-state index contributed by atoms with van der Waals surface area (Å²) in [5, 5.41) is 0. The Bertz CT molecular complexity index is 526. The minimum Gasteiger partial charge on any atom is -0.357 e. The molecule has 5 heteroatoms. The zero-order valence-electron chi connectivity index (χ0n) is 12.6. The highest BCUT2D eigenvalue weighted by atomic mass is 16.2. The van der Waals surface area contributed by atoms with Gasteiger partial charge in [-0.3, -0.25) is 9.59 Å². The van der Waals surface area contributed by atoms with Crippen molar-refractivity contribution in [2.75, 3.05) is 19.6 Å². The van der Waals surface area contributed by atoms with Gasteiger partial charge in [0, 0.05) is 37.8 Å². The van der Waals surface area contributed by atoms with Crippen LogP contribution in [0.1, 0.15) is 49.5 Å². The number of likely N-dealkylation sites (tertiary alicyclic amines) is 2. The summed E-state index contributed by atoms with van der Waals surface area (Å²) >= 11 is 0. The maximum atomic E-state index is 12.4. The average Bonchev–Trinajstić information content (AvgIpc) is 3.05. The SMILES string of the molecule is CCN1C(=O)CCC12CCCN(C(=O)c1ccc[nH]1)CC2. The normalized spacial score (nSPS) is 26.4. The van der Waals surface area contributed by atoms with Gasteiger partial charge in [-0.05, 0) is 44.7 Å². The molecule has 0 saturated carbocycles. The molecule has 0 aliphatic carbocycles. The lowest BCUT2D eigenvalue weighted by molar-refractivity contribution is -0.131. The number of nitrogens with zero attached hydrogens (tertiary/aromatic N) is 2. The molecule has 1 aromatic heterocycles. The third-order valence-corrected chi connectivity index (χ3v) is 5.03. The molecule has 2 aliphatic rings. The lowest BCUT2D eigenvalue weighted by atomic mass is 9.88. The van der Waals surface area contributed by atoms with Gasteiger partial charge in [-0.15, -0.1) is 0 Å². The summed E-state index contributed by atoms with van der Waals surface area (Å²) in [7, 11) is 0. The van der Waals surface area contributed by atoms with Crippen molar-refractivity contribution >= 4 is 11.8 Å². The highest BCUT2D eigenvalue weighted by molar-refractivity contribution is 5.92. The first kappa shape index (κ1) is 14.2. The van der Waals surface area contributed by atoms with Crippen LogP contribution >= 0.6 is 0 Å². The van der Waals surface area contributed by atoms with E-state index in [1.54, 1.807) is 6.20 Å². The number of hydrogen-bond acceptors (Lipinski definition) is 2. The number of aromatic amines is 1. The second-order valence-electron chi connectivity index (χ2n) is 6.09. The molecule has 2 saturated heterocycles. The number of aromatic nitrogens is 1. The quantitative estimate of drug-likeness (QED) is 0.905. The average molecular weight is 289 g/mol. The second kappa shape index (κ2) is 5.54. The highest BCUT2D eigenvalue weighted by Gasteiger charge is 2.45. The van der Waals surface area contributed by atoms with Gasteiger partial charge in [0.05, 0.1) is 0 Å². The molecule has 1 atom stereocenters. The molecule has 2 fully saturated rings. The summed E-state index contributed by atoms with van der Waals surface area (Å²) in [6.45, 7) is 4.36. The van der Waals surface area contributed by atoms with E-state index in [1.165, 1.54) is 0 Å². The molecule has 114 valence electrons. The summed E-state index contributed by atoms with van der Waals surface area (Å²) in [4.78, 5) is 31.4. The Labute approximate surface area is 125 Å². The molecular formula is C16H23N3O2. The van der Waals surface area contributed by atoms with Crippen LogP contribution in [0.4, 0.5) is 0 Å². The summed E-state index contributed by atoms with van der Waals surface area (Å²) in [6, 6.07) is 3.67. The van der Waals surface area contributed by atoms with Crippen LogP contribution in [0.25, 0.3) is 0 Å². The Hall–Kier alpha value is -1.78. The van der Waals surface area contributed by atoms with Crippen LogP contribution in [0.2, 0.25) is 0 Å². The molecule has 0 radical (unpaired) electrons. The first-order chi connectivity index (χ1) is 10.2. The van der Waals surface area contributed by atoms with Crippen LogP contribution in [0.3, 0.4) is 0 Å². The second-order valence-corrected chi connectivity index (χ2v) is 6.09. The summed E-state index contributed by atoms with van der Waals surface area (Å²) < 4.78 is 0. The Morgan fingerprint density at radius 1 is 1.33 bits per heavy atom. The molecule has 2 amide bonds. The van der Waals surface area contributed by atoms with E-state index in [-0.39, 0.29) is 17.4 Å². The van der Waals surface area contributed by atoms with Crippen molar-refractivity contribution in [3.05, 3.63) is 24.0 Å². The van der Waals surface area contributed by atoms with Crippen LogP contribution in [0.15, 0.2) is 18.3 Å². The number of hydrogen-bond donors (Lipinski definition) is 1. The fourth-order valence-electron chi connectivity index (χ4n) is 3.92. The van der Waals surface area contributed by atoms with Crippen molar-refractivity contribution < 1.29 is 9.59 Å². The number of H-pyrrole nitrogens is 1. The van der Waals surface area contributed by atoms with Gasteiger partial charge in [-0.1, -0.05) is 0 Å². The summed E-state index contributed by atoms with van der Waals surface area (Å²) in [5.41, 5.74) is 0.650. The number of carbonyl (C=O) groups is 2. The van der Waals surface area contributed by atoms with E-state index >= 15 is 0 Å². The molecule has 0 aromatic carbocycles. The molecule has 3 heterocycles. The number of nitrogens with one attached hydrogen (secondary N) is 1. The van der Waals surface area contributed by atoms with Gasteiger partial charge in [0.1, 0.15) is 5.69 Å². The van der Waals surface area contributed by atoms with Gasteiger partial charge in [0.2, 0.25) is 5.91 Å². The predicted molar refractivity (Wildman–Crippen MR) is 79.9 cm³/mol. The van der Waals surface area contributed by atoms with Crippen molar-refractivity contribution in [1.29, 1.82) is 0 Å². The lowest BCUT2D eigenvalue weighted by Gasteiger charge is -2.37. The smallest absolute Gasteiger partial charge is 0.270 e. The third kappa shape index (κ3) is 2.45. The Balaban J connectivity index is 1.72.